The number of hydrogen-bond acceptors (Lipinski definition) is 5. The van der Waals surface area contributed by atoms with E-state index in [0.717, 1.165) is 49.7 Å². The number of thiazole rings is 1. The second kappa shape index (κ2) is 6.75. The van der Waals surface area contributed by atoms with Crippen LogP contribution >= 0.6 is 11.3 Å². The Balaban J connectivity index is 1.56. The standard InChI is InChI=1S/C15H21N3O3S/c1-21-12-4-7-17(8-5-12)14(20)9-11-10-22-15(16-11)18-6-2-3-13(18)19/h10,12H,2-9H2,1H3. The van der Waals surface area contributed by atoms with E-state index in [2.05, 4.69) is 4.98 Å². The molecule has 0 radical (unpaired) electrons. The highest BCUT2D eigenvalue weighted by molar-refractivity contribution is 7.14. The Morgan fingerprint density at radius 1 is 1.41 bits per heavy atom. The van der Waals surface area contributed by atoms with Crippen LogP contribution in [0.4, 0.5) is 5.13 Å². The third-order valence-electron chi connectivity index (χ3n) is 4.30. The highest BCUT2D eigenvalue weighted by atomic mass is 32.1. The molecule has 0 unspecified atom stereocenters. The number of likely N-dealkylation sites (tertiary alicyclic amines) is 1. The van der Waals surface area contributed by atoms with Crippen LogP contribution < -0.4 is 4.90 Å². The molecule has 0 atom stereocenters. The van der Waals surface area contributed by atoms with E-state index in [4.69, 9.17) is 4.74 Å². The summed E-state index contributed by atoms with van der Waals surface area (Å²) in [5.41, 5.74) is 0.763. The molecule has 3 heterocycles. The molecule has 3 rings (SSSR count). The van der Waals surface area contributed by atoms with Gasteiger partial charge in [0.25, 0.3) is 0 Å². The van der Waals surface area contributed by atoms with Gasteiger partial charge in [0, 0.05) is 38.5 Å². The first kappa shape index (κ1) is 15.4. The molecule has 0 aromatic carbocycles. The Bertz CT molecular complexity index is 552. The monoisotopic (exact) mass is 323 g/mol. The van der Waals surface area contributed by atoms with Crippen molar-refractivity contribution in [1.29, 1.82) is 0 Å². The average Bonchev–Trinajstić information content (AvgIpc) is 3.16. The van der Waals surface area contributed by atoms with Crippen molar-refractivity contribution in [1.82, 2.24) is 9.88 Å². The summed E-state index contributed by atoms with van der Waals surface area (Å²) in [5.74, 6) is 0.244. The van der Waals surface area contributed by atoms with Crippen LogP contribution in [0.5, 0.6) is 0 Å². The molecule has 0 saturated carbocycles. The van der Waals surface area contributed by atoms with Gasteiger partial charge in [0.1, 0.15) is 0 Å². The van der Waals surface area contributed by atoms with E-state index in [0.29, 0.717) is 12.8 Å². The van der Waals surface area contributed by atoms with Crippen LogP contribution in [0, 0.1) is 0 Å². The topological polar surface area (TPSA) is 62.7 Å². The number of methoxy groups -OCH3 is 1. The normalized spacial score (nSPS) is 20.0. The van der Waals surface area contributed by atoms with Gasteiger partial charge in [0.05, 0.1) is 18.2 Å². The fourth-order valence-corrected chi connectivity index (χ4v) is 3.83. The number of piperidine rings is 1. The van der Waals surface area contributed by atoms with Crippen LogP contribution in [0.3, 0.4) is 0 Å². The van der Waals surface area contributed by atoms with Crippen LogP contribution in [0.25, 0.3) is 0 Å². The molecule has 1 aromatic rings. The lowest BCUT2D eigenvalue weighted by molar-refractivity contribution is -0.132. The number of anilines is 1. The molecule has 2 aliphatic rings. The zero-order chi connectivity index (χ0) is 15.5. The first-order valence-corrected chi connectivity index (χ1v) is 8.60. The van der Waals surface area contributed by atoms with Gasteiger partial charge >= 0.3 is 0 Å². The number of rotatable bonds is 4. The number of aromatic nitrogens is 1. The Morgan fingerprint density at radius 2 is 2.18 bits per heavy atom. The van der Waals surface area contributed by atoms with Gasteiger partial charge in [-0.3, -0.25) is 14.5 Å². The van der Waals surface area contributed by atoms with Crippen molar-refractivity contribution >= 4 is 28.3 Å². The number of hydrogen-bond donors (Lipinski definition) is 0. The summed E-state index contributed by atoms with van der Waals surface area (Å²) in [4.78, 5) is 32.1. The van der Waals surface area contributed by atoms with Gasteiger partial charge in [-0.2, -0.15) is 0 Å². The zero-order valence-corrected chi connectivity index (χ0v) is 13.6. The Morgan fingerprint density at radius 3 is 2.82 bits per heavy atom. The van der Waals surface area contributed by atoms with E-state index in [-0.39, 0.29) is 17.9 Å². The summed E-state index contributed by atoms with van der Waals surface area (Å²) in [5, 5.41) is 2.61. The van der Waals surface area contributed by atoms with Gasteiger partial charge in [-0.15, -0.1) is 11.3 Å². The smallest absolute Gasteiger partial charge is 0.228 e. The number of nitrogens with zero attached hydrogens (tertiary/aromatic N) is 3. The van der Waals surface area contributed by atoms with Gasteiger partial charge in [-0.1, -0.05) is 0 Å². The molecule has 0 bridgehead atoms. The van der Waals surface area contributed by atoms with Crippen molar-refractivity contribution < 1.29 is 14.3 Å². The van der Waals surface area contributed by atoms with Crippen molar-refractivity contribution in [3.63, 3.8) is 0 Å². The highest BCUT2D eigenvalue weighted by Crippen LogP contribution is 2.25. The van der Waals surface area contributed by atoms with E-state index in [1.54, 1.807) is 12.0 Å². The second-order valence-electron chi connectivity index (χ2n) is 5.76. The molecule has 2 fully saturated rings. The quantitative estimate of drug-likeness (QED) is 0.841. The maximum Gasteiger partial charge on any atom is 0.228 e. The minimum absolute atomic E-state index is 0.110. The molecule has 7 heteroatoms. The number of carbonyl (C=O) groups excluding carboxylic acids is 2. The minimum Gasteiger partial charge on any atom is -0.381 e. The summed E-state index contributed by atoms with van der Waals surface area (Å²) in [6.07, 6.45) is 3.87. The van der Waals surface area contributed by atoms with Crippen molar-refractivity contribution in [2.75, 3.05) is 31.6 Å². The summed E-state index contributed by atoms with van der Waals surface area (Å²) >= 11 is 1.45. The lowest BCUT2D eigenvalue weighted by atomic mass is 10.1. The predicted octanol–water partition coefficient (Wildman–Crippen LogP) is 1.45. The van der Waals surface area contributed by atoms with Crippen molar-refractivity contribution in [2.24, 2.45) is 0 Å². The first-order valence-electron chi connectivity index (χ1n) is 7.72. The van der Waals surface area contributed by atoms with Crippen LogP contribution in [0.2, 0.25) is 0 Å². The van der Waals surface area contributed by atoms with E-state index < -0.39 is 0 Å². The molecule has 1 aromatic heterocycles. The van der Waals surface area contributed by atoms with Crippen LogP contribution in [-0.2, 0) is 20.7 Å². The maximum atomic E-state index is 12.3. The minimum atomic E-state index is 0.110. The lowest BCUT2D eigenvalue weighted by Crippen LogP contribution is -2.41. The molecular weight excluding hydrogens is 302 g/mol. The van der Waals surface area contributed by atoms with Crippen molar-refractivity contribution in [3.8, 4) is 0 Å². The fraction of sp³-hybridized carbons (Fsp3) is 0.667. The Hall–Kier alpha value is -1.47. The van der Waals surface area contributed by atoms with Crippen LogP contribution in [-0.4, -0.2) is 54.5 Å². The fourth-order valence-electron chi connectivity index (χ4n) is 2.96. The molecular formula is C15H21N3O3S. The second-order valence-corrected chi connectivity index (χ2v) is 6.60. The molecule has 0 spiro atoms. The highest BCUT2D eigenvalue weighted by Gasteiger charge is 2.26. The average molecular weight is 323 g/mol. The molecule has 120 valence electrons. The van der Waals surface area contributed by atoms with E-state index in [1.807, 2.05) is 10.3 Å². The first-order chi connectivity index (χ1) is 10.7. The van der Waals surface area contributed by atoms with Crippen molar-refractivity contribution in [2.45, 2.75) is 38.2 Å². The molecule has 22 heavy (non-hydrogen) atoms. The molecule has 2 saturated heterocycles. The van der Waals surface area contributed by atoms with Gasteiger partial charge < -0.3 is 9.64 Å². The van der Waals surface area contributed by atoms with E-state index in [9.17, 15) is 9.59 Å². The largest absolute Gasteiger partial charge is 0.381 e. The van der Waals surface area contributed by atoms with Crippen molar-refractivity contribution in [3.05, 3.63) is 11.1 Å². The Labute approximate surface area is 134 Å². The van der Waals surface area contributed by atoms with E-state index in [1.165, 1.54) is 11.3 Å². The molecule has 0 aliphatic carbocycles. The van der Waals surface area contributed by atoms with Crippen LogP contribution in [0.15, 0.2) is 5.38 Å². The molecule has 2 amide bonds. The number of ether oxygens (including phenoxy) is 1. The number of carbonyl (C=O) groups is 2. The van der Waals surface area contributed by atoms with Gasteiger partial charge in [-0.05, 0) is 19.3 Å². The molecule has 0 N–H and O–H groups in total. The van der Waals surface area contributed by atoms with Crippen LogP contribution in [0.1, 0.15) is 31.4 Å². The summed E-state index contributed by atoms with van der Waals surface area (Å²) < 4.78 is 5.32. The third kappa shape index (κ3) is 3.30. The van der Waals surface area contributed by atoms with Gasteiger partial charge in [0.15, 0.2) is 5.13 Å². The summed E-state index contributed by atoms with van der Waals surface area (Å²) in [7, 11) is 1.72. The summed E-state index contributed by atoms with van der Waals surface area (Å²) in [6.45, 7) is 2.24. The lowest BCUT2D eigenvalue weighted by Gasteiger charge is -2.31. The predicted molar refractivity (Wildman–Crippen MR) is 84.0 cm³/mol. The SMILES string of the molecule is COC1CCN(C(=O)Cc2csc(N3CCCC3=O)n2)CC1. The third-order valence-corrected chi connectivity index (χ3v) is 5.22. The molecule has 6 nitrogen and oxygen atoms in total. The maximum absolute atomic E-state index is 12.3. The zero-order valence-electron chi connectivity index (χ0n) is 12.8. The van der Waals surface area contributed by atoms with E-state index >= 15 is 0 Å². The number of amides is 2. The Kier molecular flexibility index (Phi) is 4.73. The molecule has 2 aliphatic heterocycles. The van der Waals surface area contributed by atoms with Gasteiger partial charge in [0.2, 0.25) is 11.8 Å². The van der Waals surface area contributed by atoms with Gasteiger partial charge in [-0.25, -0.2) is 4.98 Å². The summed E-state index contributed by atoms with van der Waals surface area (Å²) in [6, 6.07) is 0.